The first-order chi connectivity index (χ1) is 8.81. The Morgan fingerprint density at radius 2 is 2.16 bits per heavy atom. The number of rotatable bonds is 6. The lowest BCUT2D eigenvalue weighted by molar-refractivity contribution is -0.117. The number of amides is 1. The van der Waals surface area contributed by atoms with E-state index in [1.807, 2.05) is 5.38 Å². The molecule has 0 saturated heterocycles. The number of carbonyl (C=O) groups excluding carboxylic acids is 1. The van der Waals surface area contributed by atoms with E-state index >= 15 is 0 Å². The van der Waals surface area contributed by atoms with Crippen LogP contribution < -0.4 is 10.6 Å². The van der Waals surface area contributed by atoms with Gasteiger partial charge in [-0.2, -0.15) is 0 Å². The molecule has 0 spiro atoms. The van der Waals surface area contributed by atoms with Gasteiger partial charge in [-0.3, -0.25) is 4.79 Å². The molecule has 0 fully saturated rings. The van der Waals surface area contributed by atoms with Gasteiger partial charge in [0.1, 0.15) is 0 Å². The summed E-state index contributed by atoms with van der Waals surface area (Å²) in [6, 6.07) is 0.226. The SMILES string of the molecule is CCCNC(C)c1csc(NC(=O)CC(C)(C)C)n1. The fourth-order valence-electron chi connectivity index (χ4n) is 1.65. The first-order valence-corrected chi connectivity index (χ1v) is 7.68. The Labute approximate surface area is 120 Å². The number of thiazole rings is 1. The second-order valence-corrected chi connectivity index (χ2v) is 6.90. The highest BCUT2D eigenvalue weighted by atomic mass is 32.1. The minimum absolute atomic E-state index is 0.000145. The van der Waals surface area contributed by atoms with Crippen LogP contribution in [0, 0.1) is 5.41 Å². The van der Waals surface area contributed by atoms with E-state index in [-0.39, 0.29) is 17.4 Å². The summed E-state index contributed by atoms with van der Waals surface area (Å²) in [7, 11) is 0. The predicted octanol–water partition coefficient (Wildman–Crippen LogP) is 3.58. The van der Waals surface area contributed by atoms with Crippen LogP contribution in [-0.2, 0) is 4.79 Å². The van der Waals surface area contributed by atoms with E-state index in [0.29, 0.717) is 11.6 Å². The number of nitrogens with zero attached hydrogens (tertiary/aromatic N) is 1. The van der Waals surface area contributed by atoms with Crippen LogP contribution in [0.25, 0.3) is 0 Å². The Morgan fingerprint density at radius 1 is 1.47 bits per heavy atom. The van der Waals surface area contributed by atoms with Crippen molar-refractivity contribution in [2.45, 2.75) is 53.5 Å². The van der Waals surface area contributed by atoms with E-state index in [9.17, 15) is 4.79 Å². The van der Waals surface area contributed by atoms with E-state index in [1.165, 1.54) is 11.3 Å². The Morgan fingerprint density at radius 3 is 2.74 bits per heavy atom. The molecular weight excluding hydrogens is 258 g/mol. The highest BCUT2D eigenvalue weighted by Gasteiger charge is 2.17. The van der Waals surface area contributed by atoms with Gasteiger partial charge in [-0.05, 0) is 25.3 Å². The number of carbonyl (C=O) groups is 1. The van der Waals surface area contributed by atoms with Gasteiger partial charge in [0.15, 0.2) is 5.13 Å². The summed E-state index contributed by atoms with van der Waals surface area (Å²) in [6.45, 7) is 11.4. The van der Waals surface area contributed by atoms with Crippen molar-refractivity contribution in [2.24, 2.45) is 5.41 Å². The van der Waals surface area contributed by atoms with Crippen LogP contribution in [0.5, 0.6) is 0 Å². The third-order valence-corrected chi connectivity index (χ3v) is 3.38. The zero-order chi connectivity index (χ0) is 14.5. The van der Waals surface area contributed by atoms with Crippen LogP contribution in [-0.4, -0.2) is 17.4 Å². The van der Waals surface area contributed by atoms with Gasteiger partial charge in [0.2, 0.25) is 5.91 Å². The predicted molar refractivity (Wildman–Crippen MR) is 81.5 cm³/mol. The molecule has 1 unspecified atom stereocenters. The summed E-state index contributed by atoms with van der Waals surface area (Å²) in [4.78, 5) is 16.3. The molecule has 1 aromatic heterocycles. The van der Waals surface area contributed by atoms with Crippen LogP contribution in [0.1, 0.15) is 59.2 Å². The first-order valence-electron chi connectivity index (χ1n) is 6.80. The molecular formula is C14H25N3OS. The van der Waals surface area contributed by atoms with Gasteiger partial charge >= 0.3 is 0 Å². The number of anilines is 1. The van der Waals surface area contributed by atoms with Gasteiger partial charge < -0.3 is 10.6 Å². The van der Waals surface area contributed by atoms with Crippen LogP contribution in [0.3, 0.4) is 0 Å². The minimum Gasteiger partial charge on any atom is -0.309 e. The normalized spacial score (nSPS) is 13.3. The fraction of sp³-hybridized carbons (Fsp3) is 0.714. The lowest BCUT2D eigenvalue weighted by Crippen LogP contribution is -2.21. The lowest BCUT2D eigenvalue weighted by atomic mass is 9.92. The van der Waals surface area contributed by atoms with Crippen LogP contribution in [0.2, 0.25) is 0 Å². The minimum atomic E-state index is 0.000145. The van der Waals surface area contributed by atoms with Crippen molar-refractivity contribution in [1.29, 1.82) is 0 Å². The van der Waals surface area contributed by atoms with Crippen molar-refractivity contribution >= 4 is 22.4 Å². The number of aromatic nitrogens is 1. The molecule has 1 heterocycles. The molecule has 0 aromatic carbocycles. The molecule has 108 valence electrons. The average molecular weight is 283 g/mol. The second-order valence-electron chi connectivity index (χ2n) is 6.04. The highest BCUT2D eigenvalue weighted by Crippen LogP contribution is 2.23. The maximum absolute atomic E-state index is 11.8. The third kappa shape index (κ3) is 6.16. The summed E-state index contributed by atoms with van der Waals surface area (Å²) in [6.07, 6.45) is 1.61. The van der Waals surface area contributed by atoms with Crippen molar-refractivity contribution in [3.05, 3.63) is 11.1 Å². The molecule has 0 aliphatic carbocycles. The van der Waals surface area contributed by atoms with E-state index in [1.54, 1.807) is 0 Å². The van der Waals surface area contributed by atoms with Crippen molar-refractivity contribution in [2.75, 3.05) is 11.9 Å². The van der Waals surface area contributed by atoms with Gasteiger partial charge in [0.05, 0.1) is 5.69 Å². The van der Waals surface area contributed by atoms with Gasteiger partial charge in [0, 0.05) is 17.8 Å². The van der Waals surface area contributed by atoms with Gasteiger partial charge in [-0.25, -0.2) is 4.98 Å². The van der Waals surface area contributed by atoms with Gasteiger partial charge in [-0.15, -0.1) is 11.3 Å². The van der Waals surface area contributed by atoms with Crippen molar-refractivity contribution in [3.8, 4) is 0 Å². The summed E-state index contributed by atoms with van der Waals surface area (Å²) < 4.78 is 0. The topological polar surface area (TPSA) is 54.0 Å². The molecule has 1 atom stereocenters. The third-order valence-electron chi connectivity index (χ3n) is 2.60. The van der Waals surface area contributed by atoms with Crippen molar-refractivity contribution < 1.29 is 4.79 Å². The molecule has 0 aliphatic rings. The van der Waals surface area contributed by atoms with Crippen LogP contribution >= 0.6 is 11.3 Å². The molecule has 4 nitrogen and oxygen atoms in total. The van der Waals surface area contributed by atoms with E-state index in [0.717, 1.165) is 18.7 Å². The zero-order valence-corrected chi connectivity index (χ0v) is 13.4. The lowest BCUT2D eigenvalue weighted by Gasteiger charge is -2.16. The van der Waals surface area contributed by atoms with Crippen LogP contribution in [0.15, 0.2) is 5.38 Å². The number of hydrogen-bond acceptors (Lipinski definition) is 4. The molecule has 0 saturated carbocycles. The van der Waals surface area contributed by atoms with E-state index < -0.39 is 0 Å². The summed E-state index contributed by atoms with van der Waals surface area (Å²) in [5, 5.41) is 8.94. The smallest absolute Gasteiger partial charge is 0.226 e. The largest absolute Gasteiger partial charge is 0.309 e. The fourth-order valence-corrected chi connectivity index (χ4v) is 2.47. The molecule has 1 rings (SSSR count). The summed E-state index contributed by atoms with van der Waals surface area (Å²) in [5.74, 6) is 0.0302. The Bertz CT molecular complexity index is 409. The summed E-state index contributed by atoms with van der Waals surface area (Å²) >= 11 is 1.48. The van der Waals surface area contributed by atoms with Gasteiger partial charge in [-0.1, -0.05) is 27.7 Å². The average Bonchev–Trinajstić information content (AvgIpc) is 2.71. The maximum Gasteiger partial charge on any atom is 0.226 e. The quantitative estimate of drug-likeness (QED) is 0.839. The van der Waals surface area contributed by atoms with Crippen molar-refractivity contribution in [3.63, 3.8) is 0 Å². The van der Waals surface area contributed by atoms with Crippen molar-refractivity contribution in [1.82, 2.24) is 10.3 Å². The van der Waals surface area contributed by atoms with Crippen LogP contribution in [0.4, 0.5) is 5.13 Å². The highest BCUT2D eigenvalue weighted by molar-refractivity contribution is 7.13. The summed E-state index contributed by atoms with van der Waals surface area (Å²) in [5.41, 5.74) is 0.990. The molecule has 19 heavy (non-hydrogen) atoms. The molecule has 5 heteroatoms. The second kappa shape index (κ2) is 7.01. The molecule has 1 aromatic rings. The standard InChI is InChI=1S/C14H25N3OS/c1-6-7-15-10(2)11-9-19-13(16-11)17-12(18)8-14(3,4)5/h9-10,15H,6-8H2,1-5H3,(H,16,17,18). The molecule has 0 aliphatic heterocycles. The Balaban J connectivity index is 2.53. The number of nitrogens with one attached hydrogen (secondary N) is 2. The Kier molecular flexibility index (Phi) is 5.94. The molecule has 1 amide bonds. The molecule has 2 N–H and O–H groups in total. The van der Waals surface area contributed by atoms with Gasteiger partial charge in [0.25, 0.3) is 0 Å². The number of hydrogen-bond donors (Lipinski definition) is 2. The van der Waals surface area contributed by atoms with E-state index in [2.05, 4.69) is 50.2 Å². The zero-order valence-electron chi connectivity index (χ0n) is 12.5. The van der Waals surface area contributed by atoms with E-state index in [4.69, 9.17) is 0 Å². The molecule has 0 bridgehead atoms. The Hall–Kier alpha value is -0.940. The molecule has 0 radical (unpaired) electrons. The monoisotopic (exact) mass is 283 g/mol. The maximum atomic E-state index is 11.8. The first kappa shape index (κ1) is 16.1.